The molecule has 0 aliphatic carbocycles. The van der Waals surface area contributed by atoms with Crippen LogP contribution in [0.4, 0.5) is 0 Å². The highest BCUT2D eigenvalue weighted by molar-refractivity contribution is 7.90. The third-order valence-electron chi connectivity index (χ3n) is 3.21. The predicted octanol–water partition coefficient (Wildman–Crippen LogP) is 2.04. The van der Waals surface area contributed by atoms with E-state index in [1.54, 1.807) is 7.11 Å². The molecule has 1 aromatic carbocycles. The topological polar surface area (TPSA) is 55.4 Å². The highest BCUT2D eigenvalue weighted by Crippen LogP contribution is 2.13. The van der Waals surface area contributed by atoms with Gasteiger partial charge in [-0.2, -0.15) is 0 Å². The van der Waals surface area contributed by atoms with Gasteiger partial charge in [-0.05, 0) is 50.4 Å². The maximum atomic E-state index is 11.0. The number of sulfone groups is 1. The number of hydrogen-bond acceptors (Lipinski definition) is 4. The van der Waals surface area contributed by atoms with E-state index in [0.717, 1.165) is 25.1 Å². The van der Waals surface area contributed by atoms with Gasteiger partial charge in [0.1, 0.15) is 15.6 Å². The van der Waals surface area contributed by atoms with Crippen LogP contribution in [0.5, 0.6) is 5.75 Å². The van der Waals surface area contributed by atoms with Crippen LogP contribution in [0, 0.1) is 0 Å². The zero-order valence-corrected chi connectivity index (χ0v) is 13.4. The highest BCUT2D eigenvalue weighted by Gasteiger charge is 2.04. The van der Waals surface area contributed by atoms with Crippen LogP contribution < -0.4 is 10.1 Å². The summed E-state index contributed by atoms with van der Waals surface area (Å²) < 4.78 is 27.1. The Labute approximate surface area is 122 Å². The summed E-state index contributed by atoms with van der Waals surface area (Å²) in [5.41, 5.74) is 1.29. The number of methoxy groups -OCH3 is 1. The molecule has 0 amide bonds. The molecule has 4 nitrogen and oxygen atoms in total. The van der Waals surface area contributed by atoms with E-state index in [2.05, 4.69) is 24.4 Å². The lowest BCUT2D eigenvalue weighted by Gasteiger charge is -2.13. The second kappa shape index (κ2) is 8.27. The molecule has 0 aromatic heterocycles. The Balaban J connectivity index is 2.20. The van der Waals surface area contributed by atoms with Gasteiger partial charge in [-0.1, -0.05) is 12.1 Å². The largest absolute Gasteiger partial charge is 0.497 e. The molecule has 0 aliphatic rings. The average Bonchev–Trinajstić information content (AvgIpc) is 2.41. The third kappa shape index (κ3) is 7.50. The molecule has 1 rings (SSSR count). The van der Waals surface area contributed by atoms with Crippen LogP contribution in [0.3, 0.4) is 0 Å². The fraction of sp³-hybridized carbons (Fsp3) is 0.600. The number of rotatable bonds is 9. The summed E-state index contributed by atoms with van der Waals surface area (Å²) in [6.45, 7) is 2.88. The van der Waals surface area contributed by atoms with Crippen LogP contribution in [0.2, 0.25) is 0 Å². The summed E-state index contributed by atoms with van der Waals surface area (Å²) >= 11 is 0. The smallest absolute Gasteiger partial charge is 0.147 e. The Morgan fingerprint density at radius 2 is 1.90 bits per heavy atom. The van der Waals surface area contributed by atoms with Gasteiger partial charge in [-0.3, -0.25) is 0 Å². The first-order chi connectivity index (χ1) is 9.40. The van der Waals surface area contributed by atoms with E-state index < -0.39 is 9.84 Å². The lowest BCUT2D eigenvalue weighted by molar-refractivity contribution is 0.414. The zero-order valence-electron chi connectivity index (χ0n) is 12.6. The van der Waals surface area contributed by atoms with Crippen LogP contribution in [-0.4, -0.2) is 40.1 Å². The van der Waals surface area contributed by atoms with Crippen LogP contribution in [0.25, 0.3) is 0 Å². The fourth-order valence-electron chi connectivity index (χ4n) is 1.96. The van der Waals surface area contributed by atoms with Crippen molar-refractivity contribution >= 4 is 9.84 Å². The van der Waals surface area contributed by atoms with Crippen molar-refractivity contribution in [3.63, 3.8) is 0 Å². The quantitative estimate of drug-likeness (QED) is 0.709. The van der Waals surface area contributed by atoms with Crippen molar-refractivity contribution in [3.8, 4) is 5.75 Å². The molecule has 1 N–H and O–H groups in total. The Morgan fingerprint density at radius 3 is 2.45 bits per heavy atom. The molecule has 0 heterocycles. The molecular weight excluding hydrogens is 274 g/mol. The van der Waals surface area contributed by atoms with E-state index in [1.165, 1.54) is 11.8 Å². The van der Waals surface area contributed by atoms with Crippen LogP contribution in [0.1, 0.15) is 25.3 Å². The standard InChI is InChI=1S/C15H25NO3S/c1-13(16-11-4-12-20(3,17)18)5-6-14-7-9-15(19-2)10-8-14/h7-10,13,16H,4-6,11-12H2,1-3H3. The molecule has 20 heavy (non-hydrogen) atoms. The highest BCUT2D eigenvalue weighted by atomic mass is 32.2. The molecule has 1 unspecified atom stereocenters. The Morgan fingerprint density at radius 1 is 1.25 bits per heavy atom. The summed E-state index contributed by atoms with van der Waals surface area (Å²) in [6.07, 6.45) is 3.99. The second-order valence-corrected chi connectivity index (χ2v) is 7.49. The Kier molecular flexibility index (Phi) is 7.02. The minimum Gasteiger partial charge on any atom is -0.497 e. The van der Waals surface area contributed by atoms with E-state index in [0.29, 0.717) is 12.5 Å². The third-order valence-corrected chi connectivity index (χ3v) is 4.24. The summed E-state index contributed by atoms with van der Waals surface area (Å²) in [4.78, 5) is 0. The number of nitrogens with one attached hydrogen (secondary N) is 1. The second-order valence-electron chi connectivity index (χ2n) is 5.23. The summed E-state index contributed by atoms with van der Waals surface area (Å²) in [6, 6.07) is 8.49. The van der Waals surface area contributed by atoms with E-state index in [9.17, 15) is 8.42 Å². The molecule has 0 bridgehead atoms. The minimum absolute atomic E-state index is 0.255. The molecule has 0 radical (unpaired) electrons. The van der Waals surface area contributed by atoms with Gasteiger partial charge in [0.05, 0.1) is 12.9 Å². The molecule has 1 aromatic rings. The number of hydrogen-bond donors (Lipinski definition) is 1. The maximum Gasteiger partial charge on any atom is 0.147 e. The maximum absolute atomic E-state index is 11.0. The molecule has 0 spiro atoms. The van der Waals surface area contributed by atoms with Gasteiger partial charge < -0.3 is 10.1 Å². The monoisotopic (exact) mass is 299 g/mol. The van der Waals surface area contributed by atoms with Crippen molar-refractivity contribution < 1.29 is 13.2 Å². The van der Waals surface area contributed by atoms with Crippen molar-refractivity contribution in [2.24, 2.45) is 0 Å². The lowest BCUT2D eigenvalue weighted by atomic mass is 10.1. The molecule has 1 atom stereocenters. The van der Waals surface area contributed by atoms with Gasteiger partial charge in [0.25, 0.3) is 0 Å². The molecule has 5 heteroatoms. The molecular formula is C15H25NO3S. The van der Waals surface area contributed by atoms with Crippen LogP contribution >= 0.6 is 0 Å². The van der Waals surface area contributed by atoms with Crippen LogP contribution in [0.15, 0.2) is 24.3 Å². The lowest BCUT2D eigenvalue weighted by Crippen LogP contribution is -2.28. The first kappa shape index (κ1) is 17.0. The average molecular weight is 299 g/mol. The molecule has 0 fully saturated rings. The van der Waals surface area contributed by atoms with Gasteiger partial charge in [-0.25, -0.2) is 8.42 Å². The number of benzene rings is 1. The molecule has 0 saturated heterocycles. The van der Waals surface area contributed by atoms with Gasteiger partial charge in [0.15, 0.2) is 0 Å². The van der Waals surface area contributed by atoms with E-state index in [-0.39, 0.29) is 5.75 Å². The summed E-state index contributed by atoms with van der Waals surface area (Å²) in [7, 11) is -1.17. The van der Waals surface area contributed by atoms with Crippen molar-refractivity contribution in [1.29, 1.82) is 0 Å². The molecule has 0 saturated carbocycles. The fourth-order valence-corrected chi connectivity index (χ4v) is 2.63. The number of aryl methyl sites for hydroxylation is 1. The van der Waals surface area contributed by atoms with Crippen molar-refractivity contribution in [1.82, 2.24) is 5.32 Å². The normalized spacial score (nSPS) is 13.2. The SMILES string of the molecule is COc1ccc(CCC(C)NCCCS(C)(=O)=O)cc1. The van der Waals surface area contributed by atoms with E-state index in [1.807, 2.05) is 12.1 Å². The van der Waals surface area contributed by atoms with E-state index >= 15 is 0 Å². The zero-order chi connectivity index (χ0) is 15.0. The summed E-state index contributed by atoms with van der Waals surface area (Å²) in [5, 5.41) is 3.36. The van der Waals surface area contributed by atoms with Gasteiger partial charge in [0.2, 0.25) is 0 Å². The predicted molar refractivity (Wildman–Crippen MR) is 83.1 cm³/mol. The summed E-state index contributed by atoms with van der Waals surface area (Å²) in [5.74, 6) is 1.13. The Hall–Kier alpha value is -1.07. The van der Waals surface area contributed by atoms with Crippen LogP contribution in [-0.2, 0) is 16.3 Å². The van der Waals surface area contributed by atoms with Crippen molar-refractivity contribution in [2.75, 3.05) is 25.7 Å². The molecule has 114 valence electrons. The van der Waals surface area contributed by atoms with Crippen molar-refractivity contribution in [2.45, 2.75) is 32.2 Å². The molecule has 0 aliphatic heterocycles. The van der Waals surface area contributed by atoms with E-state index in [4.69, 9.17) is 4.74 Å². The Bertz CT molecular complexity index is 482. The first-order valence-corrected chi connectivity index (χ1v) is 9.01. The van der Waals surface area contributed by atoms with Gasteiger partial charge >= 0.3 is 0 Å². The first-order valence-electron chi connectivity index (χ1n) is 6.95. The van der Waals surface area contributed by atoms with Gasteiger partial charge in [0, 0.05) is 12.3 Å². The minimum atomic E-state index is -2.84. The van der Waals surface area contributed by atoms with Crippen molar-refractivity contribution in [3.05, 3.63) is 29.8 Å². The number of ether oxygens (including phenoxy) is 1. The van der Waals surface area contributed by atoms with Gasteiger partial charge in [-0.15, -0.1) is 0 Å².